The Morgan fingerprint density at radius 3 is 2.77 bits per heavy atom. The summed E-state index contributed by atoms with van der Waals surface area (Å²) in [5.41, 5.74) is 0. The first-order valence-electron chi connectivity index (χ1n) is 8.31. The summed E-state index contributed by atoms with van der Waals surface area (Å²) in [6, 6.07) is 6.34. The van der Waals surface area contributed by atoms with E-state index in [4.69, 9.17) is 9.26 Å². The molecule has 2 N–H and O–H groups in total. The Labute approximate surface area is 169 Å². The van der Waals surface area contributed by atoms with Crippen LogP contribution in [0.3, 0.4) is 0 Å². The van der Waals surface area contributed by atoms with Gasteiger partial charge in [-0.05, 0) is 32.9 Å². The molecular formula is C17H25FIN5O2. The normalized spacial score (nSPS) is 12.2. The summed E-state index contributed by atoms with van der Waals surface area (Å²) in [4.78, 5) is 8.61. The molecule has 26 heavy (non-hydrogen) atoms. The van der Waals surface area contributed by atoms with E-state index in [2.05, 4.69) is 25.8 Å². The molecule has 9 heteroatoms. The van der Waals surface area contributed by atoms with E-state index in [1.54, 1.807) is 25.1 Å². The molecule has 0 saturated heterocycles. The number of aryl methyl sites for hydroxylation is 1. The Morgan fingerprint density at radius 2 is 2.12 bits per heavy atom. The van der Waals surface area contributed by atoms with Crippen molar-refractivity contribution in [2.24, 2.45) is 4.99 Å². The number of ether oxygens (including phenoxy) is 1. The van der Waals surface area contributed by atoms with Crippen LogP contribution in [0.25, 0.3) is 0 Å². The predicted molar refractivity (Wildman–Crippen MR) is 109 cm³/mol. The fourth-order valence-electron chi connectivity index (χ4n) is 2.09. The van der Waals surface area contributed by atoms with Crippen LogP contribution in [0, 0.1) is 12.7 Å². The number of benzene rings is 1. The van der Waals surface area contributed by atoms with Gasteiger partial charge in [-0.2, -0.15) is 4.98 Å². The standard InChI is InChI=1S/C17H24FN5O2.HI/c1-4-19-17(20-10-9-16-22-13(3)23-25-16)21-11-12(2)24-15-8-6-5-7-14(15)18;/h5-8,12H,4,9-11H2,1-3H3,(H2,19,20,21);1H. The highest BCUT2D eigenvalue weighted by Gasteiger charge is 2.08. The van der Waals surface area contributed by atoms with Gasteiger partial charge in [-0.15, -0.1) is 24.0 Å². The second-order valence-electron chi connectivity index (χ2n) is 5.49. The van der Waals surface area contributed by atoms with Gasteiger partial charge in [0.05, 0.1) is 6.54 Å². The Kier molecular flexibility index (Phi) is 9.92. The van der Waals surface area contributed by atoms with Gasteiger partial charge < -0.3 is 19.9 Å². The molecule has 0 fully saturated rings. The van der Waals surface area contributed by atoms with E-state index in [-0.39, 0.29) is 41.6 Å². The monoisotopic (exact) mass is 477 g/mol. The van der Waals surface area contributed by atoms with Crippen molar-refractivity contribution in [3.63, 3.8) is 0 Å². The number of guanidine groups is 1. The number of aliphatic imine (C=N–C) groups is 1. The van der Waals surface area contributed by atoms with Gasteiger partial charge in [0.2, 0.25) is 5.89 Å². The van der Waals surface area contributed by atoms with Gasteiger partial charge in [0, 0.05) is 19.5 Å². The summed E-state index contributed by atoms with van der Waals surface area (Å²) in [5, 5.41) is 10.1. The lowest BCUT2D eigenvalue weighted by Crippen LogP contribution is -2.39. The Morgan fingerprint density at radius 1 is 1.35 bits per heavy atom. The van der Waals surface area contributed by atoms with Crippen LogP contribution in [0.2, 0.25) is 0 Å². The summed E-state index contributed by atoms with van der Waals surface area (Å²) in [6.45, 7) is 7.34. The van der Waals surface area contributed by atoms with Crippen LogP contribution in [-0.4, -0.2) is 41.8 Å². The van der Waals surface area contributed by atoms with Crippen molar-refractivity contribution < 1.29 is 13.7 Å². The van der Waals surface area contributed by atoms with Gasteiger partial charge in [0.1, 0.15) is 6.10 Å². The minimum atomic E-state index is -0.377. The number of halogens is 2. The molecule has 1 aromatic carbocycles. The molecule has 0 saturated carbocycles. The number of para-hydroxylation sites is 1. The largest absolute Gasteiger partial charge is 0.486 e. The third kappa shape index (κ3) is 7.54. The highest BCUT2D eigenvalue weighted by atomic mass is 127. The molecule has 144 valence electrons. The van der Waals surface area contributed by atoms with Gasteiger partial charge in [-0.25, -0.2) is 9.38 Å². The average molecular weight is 477 g/mol. The maximum Gasteiger partial charge on any atom is 0.228 e. The van der Waals surface area contributed by atoms with E-state index in [0.29, 0.717) is 37.2 Å². The van der Waals surface area contributed by atoms with Gasteiger partial charge in [-0.3, -0.25) is 0 Å². The van der Waals surface area contributed by atoms with Gasteiger partial charge in [-0.1, -0.05) is 17.3 Å². The third-order valence-electron chi connectivity index (χ3n) is 3.22. The highest BCUT2D eigenvalue weighted by molar-refractivity contribution is 14.0. The zero-order valence-electron chi connectivity index (χ0n) is 15.2. The molecule has 0 aliphatic heterocycles. The van der Waals surface area contributed by atoms with Crippen molar-refractivity contribution >= 4 is 29.9 Å². The van der Waals surface area contributed by atoms with Crippen LogP contribution in [0.4, 0.5) is 4.39 Å². The zero-order valence-corrected chi connectivity index (χ0v) is 17.5. The molecule has 1 atom stereocenters. The van der Waals surface area contributed by atoms with Crippen molar-refractivity contribution in [3.05, 3.63) is 41.8 Å². The number of nitrogens with one attached hydrogen (secondary N) is 2. The molecule has 0 aliphatic carbocycles. The van der Waals surface area contributed by atoms with Crippen LogP contribution >= 0.6 is 24.0 Å². The average Bonchev–Trinajstić information content (AvgIpc) is 3.00. The van der Waals surface area contributed by atoms with Crippen LogP contribution in [0.5, 0.6) is 5.75 Å². The lowest BCUT2D eigenvalue weighted by Gasteiger charge is -2.15. The van der Waals surface area contributed by atoms with E-state index >= 15 is 0 Å². The Balaban J connectivity index is 0.00000338. The van der Waals surface area contributed by atoms with Crippen molar-refractivity contribution in [1.82, 2.24) is 20.8 Å². The molecule has 0 amide bonds. The van der Waals surface area contributed by atoms with E-state index in [1.807, 2.05) is 13.8 Å². The van der Waals surface area contributed by atoms with Crippen LogP contribution in [-0.2, 0) is 6.42 Å². The molecular weight excluding hydrogens is 452 g/mol. The number of aromatic nitrogens is 2. The lowest BCUT2D eigenvalue weighted by atomic mass is 10.3. The first kappa shape index (κ1) is 22.1. The maximum absolute atomic E-state index is 13.6. The predicted octanol–water partition coefficient (Wildman–Crippen LogP) is 2.70. The number of hydrogen-bond acceptors (Lipinski definition) is 5. The van der Waals surface area contributed by atoms with Gasteiger partial charge >= 0.3 is 0 Å². The van der Waals surface area contributed by atoms with Crippen molar-refractivity contribution in [1.29, 1.82) is 0 Å². The van der Waals surface area contributed by atoms with Crippen LogP contribution in [0.15, 0.2) is 33.8 Å². The van der Waals surface area contributed by atoms with E-state index in [0.717, 1.165) is 6.54 Å². The third-order valence-corrected chi connectivity index (χ3v) is 3.22. The first-order chi connectivity index (χ1) is 12.1. The molecule has 7 nitrogen and oxygen atoms in total. The second-order valence-corrected chi connectivity index (χ2v) is 5.49. The van der Waals surface area contributed by atoms with E-state index in [9.17, 15) is 4.39 Å². The summed E-state index contributed by atoms with van der Waals surface area (Å²) in [5.74, 6) is 1.71. The van der Waals surface area contributed by atoms with E-state index in [1.165, 1.54) is 6.07 Å². The summed E-state index contributed by atoms with van der Waals surface area (Å²) in [6.07, 6.45) is 0.345. The number of nitrogens with zero attached hydrogens (tertiary/aromatic N) is 3. The zero-order chi connectivity index (χ0) is 18.1. The first-order valence-corrected chi connectivity index (χ1v) is 8.31. The van der Waals surface area contributed by atoms with Gasteiger partial charge in [0.15, 0.2) is 23.4 Å². The quantitative estimate of drug-likeness (QED) is 0.346. The molecule has 0 bridgehead atoms. The smallest absolute Gasteiger partial charge is 0.228 e. The fourth-order valence-corrected chi connectivity index (χ4v) is 2.09. The molecule has 1 heterocycles. The topological polar surface area (TPSA) is 84.6 Å². The molecule has 2 rings (SSSR count). The molecule has 2 aromatic rings. The molecule has 1 aromatic heterocycles. The molecule has 0 aliphatic rings. The minimum absolute atomic E-state index is 0. The summed E-state index contributed by atoms with van der Waals surface area (Å²) >= 11 is 0. The maximum atomic E-state index is 13.6. The molecule has 0 radical (unpaired) electrons. The Hall–Kier alpha value is -1.91. The number of rotatable bonds is 8. The molecule has 0 spiro atoms. The van der Waals surface area contributed by atoms with Crippen LogP contribution < -0.4 is 15.4 Å². The SMILES string of the molecule is CCNC(=NCC(C)Oc1ccccc1F)NCCc1nc(C)no1.I. The number of hydrogen-bond donors (Lipinski definition) is 2. The highest BCUT2D eigenvalue weighted by Crippen LogP contribution is 2.16. The molecule has 1 unspecified atom stereocenters. The summed E-state index contributed by atoms with van der Waals surface area (Å²) in [7, 11) is 0. The Bertz CT molecular complexity index is 695. The van der Waals surface area contributed by atoms with Gasteiger partial charge in [0.25, 0.3) is 0 Å². The summed E-state index contributed by atoms with van der Waals surface area (Å²) < 4.78 is 24.2. The van der Waals surface area contributed by atoms with E-state index < -0.39 is 0 Å². The minimum Gasteiger partial charge on any atom is -0.486 e. The second kappa shape index (κ2) is 11.7. The van der Waals surface area contributed by atoms with Crippen molar-refractivity contribution in [2.45, 2.75) is 33.3 Å². The van der Waals surface area contributed by atoms with Crippen molar-refractivity contribution in [3.8, 4) is 5.75 Å². The lowest BCUT2D eigenvalue weighted by molar-refractivity contribution is 0.220. The van der Waals surface area contributed by atoms with Crippen LogP contribution in [0.1, 0.15) is 25.6 Å². The fraction of sp³-hybridized carbons (Fsp3) is 0.471. The van der Waals surface area contributed by atoms with Crippen molar-refractivity contribution in [2.75, 3.05) is 19.6 Å².